The van der Waals surface area contributed by atoms with Crippen LogP contribution in [0.5, 0.6) is 0 Å². The molecule has 0 aliphatic rings. The number of rotatable bonds is 4. The van der Waals surface area contributed by atoms with Crippen molar-refractivity contribution < 1.29 is 9.21 Å². The lowest BCUT2D eigenvalue weighted by atomic mass is 9.97. The second-order valence-electron chi connectivity index (χ2n) is 4.08. The molecule has 1 atom stereocenters. The van der Waals surface area contributed by atoms with Gasteiger partial charge in [0.1, 0.15) is 17.4 Å². The van der Waals surface area contributed by atoms with Gasteiger partial charge in [-0.25, -0.2) is 0 Å². The Morgan fingerprint density at radius 1 is 1.56 bits per heavy atom. The van der Waals surface area contributed by atoms with Crippen LogP contribution >= 0.6 is 0 Å². The zero-order chi connectivity index (χ0) is 12.1. The van der Waals surface area contributed by atoms with Gasteiger partial charge in [0, 0.05) is 0 Å². The maximum atomic E-state index is 11.6. The Labute approximate surface area is 95.2 Å². The highest BCUT2D eigenvalue weighted by molar-refractivity contribution is 5.81. The van der Waals surface area contributed by atoms with Gasteiger partial charge in [-0.2, -0.15) is 5.26 Å². The molecular weight excluding hydrogens is 204 g/mol. The summed E-state index contributed by atoms with van der Waals surface area (Å²) in [4.78, 5) is 11.6. The van der Waals surface area contributed by atoms with Gasteiger partial charge < -0.3 is 9.73 Å². The number of hydrogen-bond donors (Lipinski definition) is 1. The number of nitrogens with zero attached hydrogens (tertiary/aromatic N) is 1. The van der Waals surface area contributed by atoms with E-state index in [1.54, 1.807) is 0 Å². The maximum absolute atomic E-state index is 11.6. The molecular formula is C12H16N2O2. The molecule has 4 heteroatoms. The standard InChI is InChI=1S/C12H16N2O2/c1-8(2)11(6-13)12(15)14-7-10-5-4-9(3)16-10/h4-5,8,11H,7H2,1-3H3,(H,14,15). The molecule has 0 aliphatic carbocycles. The summed E-state index contributed by atoms with van der Waals surface area (Å²) in [5.74, 6) is 0.683. The third-order valence-corrected chi connectivity index (χ3v) is 2.32. The molecule has 1 N–H and O–H groups in total. The number of nitrogens with one attached hydrogen (secondary N) is 1. The van der Waals surface area contributed by atoms with Crippen molar-refractivity contribution in [1.29, 1.82) is 5.26 Å². The van der Waals surface area contributed by atoms with E-state index < -0.39 is 5.92 Å². The molecule has 1 aromatic heterocycles. The van der Waals surface area contributed by atoms with Crippen molar-refractivity contribution in [2.24, 2.45) is 11.8 Å². The minimum atomic E-state index is -0.601. The van der Waals surface area contributed by atoms with E-state index >= 15 is 0 Å². The Hall–Kier alpha value is -1.76. The molecule has 16 heavy (non-hydrogen) atoms. The SMILES string of the molecule is Cc1ccc(CNC(=O)C(C#N)C(C)C)o1. The van der Waals surface area contributed by atoms with Crippen LogP contribution in [0.3, 0.4) is 0 Å². The minimum Gasteiger partial charge on any atom is -0.465 e. The first-order chi connectivity index (χ1) is 7.54. The number of amides is 1. The van der Waals surface area contributed by atoms with E-state index in [-0.39, 0.29) is 11.8 Å². The van der Waals surface area contributed by atoms with Crippen molar-refractivity contribution in [3.05, 3.63) is 23.7 Å². The highest BCUT2D eigenvalue weighted by atomic mass is 16.3. The molecule has 0 aromatic carbocycles. The van der Waals surface area contributed by atoms with Crippen molar-refractivity contribution in [3.63, 3.8) is 0 Å². The Kier molecular flexibility index (Phi) is 4.12. The first-order valence-corrected chi connectivity index (χ1v) is 5.27. The number of furan rings is 1. The van der Waals surface area contributed by atoms with Crippen molar-refractivity contribution in [1.82, 2.24) is 5.32 Å². The summed E-state index contributed by atoms with van der Waals surface area (Å²) < 4.78 is 5.31. The van der Waals surface area contributed by atoms with Gasteiger partial charge in [0.15, 0.2) is 0 Å². The van der Waals surface area contributed by atoms with E-state index in [1.165, 1.54) is 0 Å². The molecule has 4 nitrogen and oxygen atoms in total. The van der Waals surface area contributed by atoms with Crippen molar-refractivity contribution in [2.45, 2.75) is 27.3 Å². The van der Waals surface area contributed by atoms with Gasteiger partial charge in [0.25, 0.3) is 0 Å². The van der Waals surface area contributed by atoms with Crippen LogP contribution < -0.4 is 5.32 Å². The van der Waals surface area contributed by atoms with Crippen LogP contribution in [0.2, 0.25) is 0 Å². The van der Waals surface area contributed by atoms with Gasteiger partial charge in [-0.1, -0.05) is 13.8 Å². The lowest BCUT2D eigenvalue weighted by Crippen LogP contribution is -2.32. The normalized spacial score (nSPS) is 12.2. The molecule has 0 aliphatic heterocycles. The minimum absolute atomic E-state index is 0.0170. The number of nitriles is 1. The zero-order valence-electron chi connectivity index (χ0n) is 9.78. The molecule has 0 fully saturated rings. The Morgan fingerprint density at radius 3 is 2.69 bits per heavy atom. The number of hydrogen-bond acceptors (Lipinski definition) is 3. The summed E-state index contributed by atoms with van der Waals surface area (Å²) in [6, 6.07) is 5.65. The van der Waals surface area contributed by atoms with Gasteiger partial charge in [-0.15, -0.1) is 0 Å². The van der Waals surface area contributed by atoms with E-state index in [1.807, 2.05) is 39.0 Å². The first kappa shape index (κ1) is 12.3. The second kappa shape index (κ2) is 5.36. The van der Waals surface area contributed by atoms with Gasteiger partial charge in [0.2, 0.25) is 5.91 Å². The molecule has 0 bridgehead atoms. The summed E-state index contributed by atoms with van der Waals surface area (Å²) in [7, 11) is 0. The first-order valence-electron chi connectivity index (χ1n) is 5.27. The monoisotopic (exact) mass is 220 g/mol. The van der Waals surface area contributed by atoms with E-state index in [2.05, 4.69) is 5.32 Å². The van der Waals surface area contributed by atoms with Crippen LogP contribution in [0.1, 0.15) is 25.4 Å². The number of aryl methyl sites for hydroxylation is 1. The molecule has 1 unspecified atom stereocenters. The third kappa shape index (κ3) is 3.13. The van der Waals surface area contributed by atoms with Gasteiger partial charge >= 0.3 is 0 Å². The fraction of sp³-hybridized carbons (Fsp3) is 0.500. The van der Waals surface area contributed by atoms with E-state index in [0.29, 0.717) is 12.3 Å². The number of carbonyl (C=O) groups is 1. The third-order valence-electron chi connectivity index (χ3n) is 2.32. The lowest BCUT2D eigenvalue weighted by molar-refractivity contribution is -0.124. The maximum Gasteiger partial charge on any atom is 0.237 e. The predicted octanol–water partition coefficient (Wildman–Crippen LogP) is 2.00. The van der Waals surface area contributed by atoms with Crippen LogP contribution in [0.25, 0.3) is 0 Å². The van der Waals surface area contributed by atoms with Gasteiger partial charge in [-0.3, -0.25) is 4.79 Å². The smallest absolute Gasteiger partial charge is 0.237 e. The van der Waals surface area contributed by atoms with Crippen LogP contribution in [0, 0.1) is 30.1 Å². The molecule has 0 radical (unpaired) electrons. The van der Waals surface area contributed by atoms with Crippen molar-refractivity contribution >= 4 is 5.91 Å². The Bertz CT molecular complexity index is 401. The molecule has 0 saturated carbocycles. The predicted molar refractivity (Wildman–Crippen MR) is 59.2 cm³/mol. The zero-order valence-corrected chi connectivity index (χ0v) is 9.78. The van der Waals surface area contributed by atoms with E-state index in [9.17, 15) is 4.79 Å². The average molecular weight is 220 g/mol. The Morgan fingerprint density at radius 2 is 2.25 bits per heavy atom. The number of carbonyl (C=O) groups excluding carboxylic acids is 1. The quantitative estimate of drug-likeness (QED) is 0.843. The van der Waals surface area contributed by atoms with Crippen molar-refractivity contribution in [2.75, 3.05) is 0 Å². The summed E-state index contributed by atoms with van der Waals surface area (Å²) in [5, 5.41) is 11.5. The summed E-state index contributed by atoms with van der Waals surface area (Å²) in [6.07, 6.45) is 0. The summed E-state index contributed by atoms with van der Waals surface area (Å²) in [5.41, 5.74) is 0. The second-order valence-corrected chi connectivity index (χ2v) is 4.08. The van der Waals surface area contributed by atoms with Crippen molar-refractivity contribution in [3.8, 4) is 6.07 Å². The lowest BCUT2D eigenvalue weighted by Gasteiger charge is -2.12. The van der Waals surface area contributed by atoms with Crippen LogP contribution in [-0.2, 0) is 11.3 Å². The molecule has 1 aromatic rings. The van der Waals surface area contributed by atoms with Gasteiger partial charge in [0.05, 0.1) is 12.6 Å². The topological polar surface area (TPSA) is 66.0 Å². The molecule has 1 heterocycles. The van der Waals surface area contributed by atoms with Crippen LogP contribution in [-0.4, -0.2) is 5.91 Å². The summed E-state index contributed by atoms with van der Waals surface area (Å²) in [6.45, 7) is 5.88. The summed E-state index contributed by atoms with van der Waals surface area (Å²) >= 11 is 0. The fourth-order valence-corrected chi connectivity index (χ4v) is 1.37. The largest absolute Gasteiger partial charge is 0.465 e. The Balaban J connectivity index is 2.50. The molecule has 0 spiro atoms. The van der Waals surface area contributed by atoms with Crippen LogP contribution in [0.15, 0.2) is 16.5 Å². The fourth-order valence-electron chi connectivity index (χ4n) is 1.37. The van der Waals surface area contributed by atoms with Crippen LogP contribution in [0.4, 0.5) is 0 Å². The highest BCUT2D eigenvalue weighted by Gasteiger charge is 2.21. The van der Waals surface area contributed by atoms with Gasteiger partial charge in [-0.05, 0) is 25.0 Å². The molecule has 86 valence electrons. The molecule has 0 saturated heterocycles. The van der Waals surface area contributed by atoms with E-state index in [0.717, 1.165) is 5.76 Å². The van der Waals surface area contributed by atoms with E-state index in [4.69, 9.17) is 9.68 Å². The molecule has 1 rings (SSSR count). The average Bonchev–Trinajstić information content (AvgIpc) is 2.62. The molecule has 1 amide bonds. The highest BCUT2D eigenvalue weighted by Crippen LogP contribution is 2.10.